The minimum atomic E-state index is -0.772. The molecular formula is C38H31N3O5S2. The van der Waals surface area contributed by atoms with Gasteiger partial charge in [-0.15, -0.1) is 11.8 Å². The van der Waals surface area contributed by atoms with E-state index in [4.69, 9.17) is 24.5 Å². The molecule has 1 aliphatic heterocycles. The number of para-hydroxylation sites is 1. The fourth-order valence-electron chi connectivity index (χ4n) is 5.48. The summed E-state index contributed by atoms with van der Waals surface area (Å²) in [5.41, 5.74) is 4.05. The molecular weight excluding hydrogens is 643 g/mol. The number of rotatable bonds is 10. The van der Waals surface area contributed by atoms with Crippen molar-refractivity contribution in [3.8, 4) is 17.6 Å². The molecule has 6 rings (SSSR count). The Morgan fingerprint density at radius 1 is 1.02 bits per heavy atom. The highest BCUT2D eigenvalue weighted by atomic mass is 32.2. The number of carbonyl (C=O) groups is 1. The average Bonchev–Trinajstić information content (AvgIpc) is 3.44. The first-order valence-corrected chi connectivity index (χ1v) is 17.2. The summed E-state index contributed by atoms with van der Waals surface area (Å²) in [6.07, 6.45) is 3.76. The van der Waals surface area contributed by atoms with Gasteiger partial charge in [0.05, 0.1) is 47.2 Å². The number of nitrogens with zero attached hydrogens (tertiary/aromatic N) is 3. The zero-order valence-corrected chi connectivity index (χ0v) is 28.1. The molecule has 1 aliphatic rings. The number of ether oxygens (including phenoxy) is 3. The van der Waals surface area contributed by atoms with Gasteiger partial charge in [0.15, 0.2) is 16.3 Å². The number of esters is 1. The number of thioether (sulfide) groups is 1. The van der Waals surface area contributed by atoms with Gasteiger partial charge in [-0.2, -0.15) is 5.26 Å². The topological polar surface area (TPSA) is 103 Å². The lowest BCUT2D eigenvalue weighted by Gasteiger charge is -2.26. The van der Waals surface area contributed by atoms with Crippen LogP contribution in [0.5, 0.6) is 11.5 Å². The van der Waals surface area contributed by atoms with E-state index in [1.54, 1.807) is 54.6 Å². The van der Waals surface area contributed by atoms with Crippen molar-refractivity contribution in [2.24, 2.45) is 4.99 Å². The number of benzene rings is 4. The van der Waals surface area contributed by atoms with Crippen molar-refractivity contribution in [3.63, 3.8) is 0 Å². The zero-order valence-electron chi connectivity index (χ0n) is 26.5. The standard InChI is InChI=1S/C38H31N3O5S2/c1-4-45-37(43)32-33(26-9-6-5-7-10-26)40-38-41(34(32)27-17-19-29(47-3)20-18-27)36(42)31(48-38)21-28-11-8-12-30(44-2)35(28)46-23-25-15-13-24(22-39)14-16-25/h5-21,34H,4,23H2,1-3H3/b31-21-/t34-/m0/s1. The maximum atomic E-state index is 14.4. The van der Waals surface area contributed by atoms with Gasteiger partial charge in [-0.1, -0.05) is 78.1 Å². The summed E-state index contributed by atoms with van der Waals surface area (Å²) in [7, 11) is 1.56. The Labute approximate surface area is 285 Å². The Balaban J connectivity index is 1.53. The maximum absolute atomic E-state index is 14.4. The van der Waals surface area contributed by atoms with Gasteiger partial charge in [-0.3, -0.25) is 9.36 Å². The van der Waals surface area contributed by atoms with Crippen LogP contribution in [-0.2, 0) is 16.1 Å². The maximum Gasteiger partial charge on any atom is 0.338 e. The van der Waals surface area contributed by atoms with E-state index in [2.05, 4.69) is 6.07 Å². The number of fused-ring (bicyclic) bond motifs is 1. The summed E-state index contributed by atoms with van der Waals surface area (Å²) < 4.78 is 19.5. The second kappa shape index (κ2) is 14.6. The van der Waals surface area contributed by atoms with Crippen molar-refractivity contribution in [3.05, 3.63) is 150 Å². The first-order valence-electron chi connectivity index (χ1n) is 15.2. The highest BCUT2D eigenvalue weighted by Crippen LogP contribution is 2.36. The molecule has 4 aromatic carbocycles. The summed E-state index contributed by atoms with van der Waals surface area (Å²) in [4.78, 5) is 34.6. The van der Waals surface area contributed by atoms with Crippen LogP contribution < -0.4 is 24.4 Å². The molecule has 10 heteroatoms. The van der Waals surface area contributed by atoms with Crippen LogP contribution in [0.1, 0.15) is 40.8 Å². The van der Waals surface area contributed by atoms with E-state index in [1.807, 2.05) is 85.1 Å². The normalized spacial score (nSPS) is 14.1. The lowest BCUT2D eigenvalue weighted by atomic mass is 9.93. The molecule has 0 radical (unpaired) electrons. The quantitative estimate of drug-likeness (QED) is 0.130. The fraction of sp³-hybridized carbons (Fsp3) is 0.158. The second-order valence-electron chi connectivity index (χ2n) is 10.7. The lowest BCUT2D eigenvalue weighted by molar-refractivity contribution is -0.138. The molecule has 48 heavy (non-hydrogen) atoms. The third-order valence-corrected chi connectivity index (χ3v) is 9.51. The predicted molar refractivity (Wildman–Crippen MR) is 188 cm³/mol. The molecule has 0 spiro atoms. The van der Waals surface area contributed by atoms with E-state index >= 15 is 0 Å². The molecule has 0 unspecified atom stereocenters. The van der Waals surface area contributed by atoms with E-state index < -0.39 is 12.0 Å². The second-order valence-corrected chi connectivity index (χ2v) is 12.6. The van der Waals surface area contributed by atoms with Crippen molar-refractivity contribution in [2.45, 2.75) is 24.5 Å². The SMILES string of the molecule is CCOC(=O)C1=C(c2ccccc2)N=c2s/c(=C\c3cccc(OC)c3OCc3ccc(C#N)cc3)c(=O)n2[C@H]1c1ccc(SC)cc1. The molecule has 8 nitrogen and oxygen atoms in total. The Kier molecular flexibility index (Phi) is 9.90. The van der Waals surface area contributed by atoms with Crippen molar-refractivity contribution < 1.29 is 19.0 Å². The van der Waals surface area contributed by atoms with Crippen molar-refractivity contribution in [1.29, 1.82) is 5.26 Å². The van der Waals surface area contributed by atoms with Crippen molar-refractivity contribution in [2.75, 3.05) is 20.0 Å². The van der Waals surface area contributed by atoms with Gasteiger partial charge in [0.1, 0.15) is 6.61 Å². The van der Waals surface area contributed by atoms with Crippen LogP contribution in [0.3, 0.4) is 0 Å². The van der Waals surface area contributed by atoms with Crippen LogP contribution in [0.15, 0.2) is 117 Å². The molecule has 1 atom stereocenters. The van der Waals surface area contributed by atoms with Gasteiger partial charge in [0.2, 0.25) is 0 Å². The smallest absolute Gasteiger partial charge is 0.338 e. The van der Waals surface area contributed by atoms with Gasteiger partial charge in [-0.05, 0) is 60.7 Å². The summed E-state index contributed by atoms with van der Waals surface area (Å²) in [6, 6.07) is 31.3. The molecule has 1 aromatic heterocycles. The van der Waals surface area contributed by atoms with E-state index in [0.717, 1.165) is 21.6 Å². The summed E-state index contributed by atoms with van der Waals surface area (Å²) in [6.45, 7) is 2.16. The lowest BCUT2D eigenvalue weighted by Crippen LogP contribution is -2.40. The first kappa shape index (κ1) is 32.6. The van der Waals surface area contributed by atoms with E-state index in [0.29, 0.717) is 43.2 Å². The molecule has 0 bridgehead atoms. The highest BCUT2D eigenvalue weighted by molar-refractivity contribution is 7.98. The number of hydrogen-bond donors (Lipinski definition) is 0. The third kappa shape index (κ3) is 6.56. The number of thiazole rings is 1. The Morgan fingerprint density at radius 2 is 1.77 bits per heavy atom. The zero-order chi connectivity index (χ0) is 33.6. The van der Waals surface area contributed by atoms with Crippen molar-refractivity contribution in [1.82, 2.24) is 4.57 Å². The van der Waals surface area contributed by atoms with Gasteiger partial charge in [0, 0.05) is 16.0 Å². The number of aromatic nitrogens is 1. The third-order valence-electron chi connectivity index (χ3n) is 7.79. The molecule has 5 aromatic rings. The van der Waals surface area contributed by atoms with Crippen LogP contribution in [0, 0.1) is 11.3 Å². The van der Waals surface area contributed by atoms with Gasteiger partial charge in [0.25, 0.3) is 5.56 Å². The van der Waals surface area contributed by atoms with Crippen LogP contribution in [0.25, 0.3) is 11.8 Å². The monoisotopic (exact) mass is 673 g/mol. The number of nitriles is 1. The number of methoxy groups -OCH3 is 1. The molecule has 2 heterocycles. The minimum absolute atomic E-state index is 0.175. The molecule has 0 aliphatic carbocycles. The van der Waals surface area contributed by atoms with Crippen LogP contribution in [-0.4, -0.2) is 30.5 Å². The summed E-state index contributed by atoms with van der Waals surface area (Å²) >= 11 is 2.85. The largest absolute Gasteiger partial charge is 0.493 e. The Morgan fingerprint density at radius 3 is 2.44 bits per heavy atom. The van der Waals surface area contributed by atoms with E-state index in [9.17, 15) is 9.59 Å². The van der Waals surface area contributed by atoms with Crippen LogP contribution >= 0.6 is 23.1 Å². The van der Waals surface area contributed by atoms with Gasteiger partial charge < -0.3 is 14.2 Å². The Bertz CT molecular complexity index is 2220. The molecule has 240 valence electrons. The fourth-order valence-corrected chi connectivity index (χ4v) is 6.88. The minimum Gasteiger partial charge on any atom is -0.493 e. The van der Waals surface area contributed by atoms with Crippen LogP contribution in [0.4, 0.5) is 0 Å². The predicted octanol–water partition coefficient (Wildman–Crippen LogP) is 6.12. The van der Waals surface area contributed by atoms with E-state index in [1.165, 1.54) is 11.3 Å². The molecule has 0 fully saturated rings. The van der Waals surface area contributed by atoms with Gasteiger partial charge in [-0.25, -0.2) is 9.79 Å². The van der Waals surface area contributed by atoms with E-state index in [-0.39, 0.29) is 18.8 Å². The van der Waals surface area contributed by atoms with Crippen molar-refractivity contribution >= 4 is 40.8 Å². The molecule has 0 amide bonds. The summed E-state index contributed by atoms with van der Waals surface area (Å²) in [5, 5.41) is 9.14. The molecule has 0 N–H and O–H groups in total. The summed E-state index contributed by atoms with van der Waals surface area (Å²) in [5.74, 6) is 0.448. The molecule has 0 saturated heterocycles. The number of carbonyl (C=O) groups excluding carboxylic acids is 1. The van der Waals surface area contributed by atoms with Crippen LogP contribution in [0.2, 0.25) is 0 Å². The number of hydrogen-bond acceptors (Lipinski definition) is 9. The highest BCUT2D eigenvalue weighted by Gasteiger charge is 2.35. The Hall–Kier alpha value is -5.37. The van der Waals surface area contributed by atoms with Gasteiger partial charge >= 0.3 is 5.97 Å². The first-order chi connectivity index (χ1) is 23.4. The molecule has 0 saturated carbocycles. The average molecular weight is 674 g/mol.